The molecule has 0 radical (unpaired) electrons. The van der Waals surface area contributed by atoms with Crippen LogP contribution in [-0.4, -0.2) is 33.8 Å². The Balaban J connectivity index is 1.61. The monoisotopic (exact) mass is 474 g/mol. The van der Waals surface area contributed by atoms with Gasteiger partial charge in [-0.3, -0.25) is 14.6 Å². The van der Waals surface area contributed by atoms with Crippen LogP contribution in [0.2, 0.25) is 5.02 Å². The van der Waals surface area contributed by atoms with Gasteiger partial charge in [-0.25, -0.2) is 0 Å². The van der Waals surface area contributed by atoms with Crippen LogP contribution in [0.25, 0.3) is 11.0 Å². The molecule has 2 aromatic heterocycles. The number of aromatic nitrogens is 1. The van der Waals surface area contributed by atoms with Gasteiger partial charge in [0, 0.05) is 29.3 Å². The highest BCUT2D eigenvalue weighted by atomic mass is 35.5. The van der Waals surface area contributed by atoms with Crippen molar-refractivity contribution < 1.29 is 23.8 Å². The van der Waals surface area contributed by atoms with E-state index in [0.717, 1.165) is 5.56 Å². The Morgan fingerprint density at radius 3 is 2.71 bits per heavy atom. The lowest BCUT2D eigenvalue weighted by molar-refractivity contribution is -0.130. The van der Waals surface area contributed by atoms with Crippen LogP contribution in [0.5, 0.6) is 5.75 Å². The van der Waals surface area contributed by atoms with E-state index in [1.807, 2.05) is 0 Å². The molecule has 34 heavy (non-hydrogen) atoms. The van der Waals surface area contributed by atoms with Crippen molar-refractivity contribution in [2.45, 2.75) is 12.6 Å². The van der Waals surface area contributed by atoms with E-state index < -0.39 is 23.5 Å². The normalized spacial score (nSPS) is 15.9. The number of rotatable bonds is 6. The maximum atomic E-state index is 13.6. The predicted octanol–water partition coefficient (Wildman–Crippen LogP) is 5.27. The Bertz CT molecular complexity index is 1440. The second-order valence-corrected chi connectivity index (χ2v) is 8.29. The number of ketones is 1. The molecule has 3 heterocycles. The lowest BCUT2D eigenvalue weighted by Crippen LogP contribution is -2.30. The van der Waals surface area contributed by atoms with E-state index >= 15 is 0 Å². The molecule has 1 aliphatic heterocycles. The number of ether oxygens (including phenoxy) is 1. The summed E-state index contributed by atoms with van der Waals surface area (Å²) in [6.07, 6.45) is 3.24. The minimum absolute atomic E-state index is 0.00488. The molecule has 1 N–H and O–H groups in total. The zero-order valence-electron chi connectivity index (χ0n) is 18.1. The molecule has 170 valence electrons. The fraction of sp³-hybridized carbons (Fsp3) is 0.115. The van der Waals surface area contributed by atoms with Crippen molar-refractivity contribution in [3.8, 4) is 5.75 Å². The molecule has 1 atom stereocenters. The van der Waals surface area contributed by atoms with Crippen LogP contribution in [0, 0.1) is 0 Å². The van der Waals surface area contributed by atoms with Gasteiger partial charge >= 0.3 is 0 Å². The van der Waals surface area contributed by atoms with Crippen molar-refractivity contribution in [1.82, 2.24) is 9.88 Å². The first-order valence-electron chi connectivity index (χ1n) is 10.5. The quantitative estimate of drug-likeness (QED) is 0.383. The lowest BCUT2D eigenvalue weighted by atomic mass is 9.94. The number of aliphatic hydroxyl groups excluding tert-OH is 1. The van der Waals surface area contributed by atoms with Crippen LogP contribution in [0.1, 0.15) is 27.7 Å². The van der Waals surface area contributed by atoms with Gasteiger partial charge in [0.2, 0.25) is 5.78 Å². The van der Waals surface area contributed by atoms with Gasteiger partial charge in [0.25, 0.3) is 5.91 Å². The molecule has 7 nitrogen and oxygen atoms in total. The van der Waals surface area contributed by atoms with Crippen molar-refractivity contribution in [2.24, 2.45) is 0 Å². The van der Waals surface area contributed by atoms with Crippen LogP contribution in [0.4, 0.5) is 0 Å². The van der Waals surface area contributed by atoms with Gasteiger partial charge < -0.3 is 19.2 Å². The van der Waals surface area contributed by atoms with E-state index in [0.29, 0.717) is 27.3 Å². The van der Waals surface area contributed by atoms with Gasteiger partial charge in [-0.2, -0.15) is 0 Å². The number of aliphatic hydroxyl groups is 1. The zero-order chi connectivity index (χ0) is 23.8. The fourth-order valence-corrected chi connectivity index (χ4v) is 4.33. The first kappa shape index (κ1) is 21.7. The van der Waals surface area contributed by atoms with Gasteiger partial charge in [-0.05, 0) is 59.7 Å². The third-order valence-electron chi connectivity index (χ3n) is 5.76. The SMILES string of the molecule is COc1cccc(C2C(C(=O)c3cc4cc(Cl)ccc4o3)=C(O)C(=O)N2Cc2ccncc2)c1. The Morgan fingerprint density at radius 2 is 1.94 bits per heavy atom. The molecule has 0 saturated carbocycles. The van der Waals surface area contributed by atoms with Crippen LogP contribution in [-0.2, 0) is 11.3 Å². The summed E-state index contributed by atoms with van der Waals surface area (Å²) in [4.78, 5) is 32.3. The van der Waals surface area contributed by atoms with Gasteiger partial charge in [0.1, 0.15) is 11.3 Å². The van der Waals surface area contributed by atoms with Crippen molar-refractivity contribution in [2.75, 3.05) is 7.11 Å². The molecule has 0 aliphatic carbocycles. The predicted molar refractivity (Wildman–Crippen MR) is 126 cm³/mol. The number of hydrogen-bond donors (Lipinski definition) is 1. The highest BCUT2D eigenvalue weighted by Crippen LogP contribution is 2.41. The number of Topliss-reactive ketones (excluding diaryl/α,β-unsaturated/α-hetero) is 1. The Kier molecular flexibility index (Phi) is 5.55. The average molecular weight is 475 g/mol. The summed E-state index contributed by atoms with van der Waals surface area (Å²) in [6, 6.07) is 16.3. The first-order chi connectivity index (χ1) is 16.5. The molecule has 1 unspecified atom stereocenters. The molecule has 0 fully saturated rings. The van der Waals surface area contributed by atoms with Crippen LogP contribution >= 0.6 is 11.6 Å². The number of halogens is 1. The largest absolute Gasteiger partial charge is 0.503 e. The number of nitrogens with zero attached hydrogens (tertiary/aromatic N) is 2. The zero-order valence-corrected chi connectivity index (χ0v) is 18.8. The number of amides is 1. The summed E-state index contributed by atoms with van der Waals surface area (Å²) in [5, 5.41) is 12.0. The topological polar surface area (TPSA) is 92.9 Å². The highest BCUT2D eigenvalue weighted by Gasteiger charge is 2.44. The summed E-state index contributed by atoms with van der Waals surface area (Å²) in [5.74, 6) is -1.27. The summed E-state index contributed by atoms with van der Waals surface area (Å²) in [6.45, 7) is 0.166. The molecule has 1 aliphatic rings. The van der Waals surface area contributed by atoms with E-state index in [1.54, 1.807) is 73.1 Å². The number of fused-ring (bicyclic) bond motifs is 1. The second kappa shape index (κ2) is 8.68. The van der Waals surface area contributed by atoms with E-state index in [-0.39, 0.29) is 17.9 Å². The minimum Gasteiger partial charge on any atom is -0.503 e. The van der Waals surface area contributed by atoms with Crippen molar-refractivity contribution in [3.05, 3.63) is 106 Å². The Hall–Kier alpha value is -4.10. The minimum atomic E-state index is -0.847. The number of carbonyl (C=O) groups is 2. The van der Waals surface area contributed by atoms with E-state index in [4.69, 9.17) is 20.8 Å². The molecule has 8 heteroatoms. The van der Waals surface area contributed by atoms with E-state index in [1.165, 1.54) is 12.0 Å². The van der Waals surface area contributed by atoms with Crippen LogP contribution < -0.4 is 4.74 Å². The van der Waals surface area contributed by atoms with E-state index in [9.17, 15) is 14.7 Å². The number of carbonyl (C=O) groups excluding carboxylic acids is 2. The van der Waals surface area contributed by atoms with Crippen molar-refractivity contribution in [1.29, 1.82) is 0 Å². The summed E-state index contributed by atoms with van der Waals surface area (Å²) >= 11 is 6.06. The van der Waals surface area contributed by atoms with Crippen LogP contribution in [0.3, 0.4) is 0 Å². The summed E-state index contributed by atoms with van der Waals surface area (Å²) in [7, 11) is 1.53. The third-order valence-corrected chi connectivity index (χ3v) is 6.00. The van der Waals surface area contributed by atoms with Gasteiger partial charge in [-0.15, -0.1) is 0 Å². The number of hydrogen-bond acceptors (Lipinski definition) is 6. The molecule has 4 aromatic rings. The average Bonchev–Trinajstić information content (AvgIpc) is 3.38. The molecule has 2 aromatic carbocycles. The molecule has 0 bridgehead atoms. The Labute approximate surface area is 199 Å². The summed E-state index contributed by atoms with van der Waals surface area (Å²) in [5.41, 5.74) is 1.84. The van der Waals surface area contributed by atoms with E-state index in [2.05, 4.69) is 4.98 Å². The number of benzene rings is 2. The van der Waals surface area contributed by atoms with Gasteiger partial charge in [0.15, 0.2) is 11.5 Å². The smallest absolute Gasteiger partial charge is 0.290 e. The number of methoxy groups -OCH3 is 1. The standard InChI is InChI=1S/C26H19ClN2O5/c1-33-19-4-2-3-16(12-19)23-22(24(30)21-13-17-11-18(27)5-6-20(17)34-21)25(31)26(32)29(23)14-15-7-9-28-10-8-15/h2-13,23,31H,14H2,1H3. The maximum Gasteiger partial charge on any atom is 0.290 e. The summed E-state index contributed by atoms with van der Waals surface area (Å²) < 4.78 is 11.1. The molecular formula is C26H19ClN2O5. The molecule has 0 spiro atoms. The van der Waals surface area contributed by atoms with Gasteiger partial charge in [0.05, 0.1) is 18.7 Å². The second-order valence-electron chi connectivity index (χ2n) is 7.85. The first-order valence-corrected chi connectivity index (χ1v) is 10.8. The fourth-order valence-electron chi connectivity index (χ4n) is 4.15. The number of furan rings is 1. The molecule has 0 saturated heterocycles. The maximum absolute atomic E-state index is 13.6. The van der Waals surface area contributed by atoms with Crippen molar-refractivity contribution >= 4 is 34.3 Å². The van der Waals surface area contributed by atoms with Crippen molar-refractivity contribution in [3.63, 3.8) is 0 Å². The van der Waals surface area contributed by atoms with Crippen LogP contribution in [0.15, 0.2) is 88.8 Å². The molecule has 1 amide bonds. The number of pyridine rings is 1. The molecule has 5 rings (SSSR count). The highest BCUT2D eigenvalue weighted by molar-refractivity contribution is 6.31. The Morgan fingerprint density at radius 1 is 1.15 bits per heavy atom. The third kappa shape index (κ3) is 3.80. The molecular weight excluding hydrogens is 456 g/mol. The van der Waals surface area contributed by atoms with Gasteiger partial charge in [-0.1, -0.05) is 23.7 Å². The lowest BCUT2D eigenvalue weighted by Gasteiger charge is -2.27.